The average molecular weight is 477 g/mol. The fraction of sp³-hybridized carbons (Fsp3) is 0.423. The Morgan fingerprint density at radius 2 is 1.97 bits per heavy atom. The first-order chi connectivity index (χ1) is 17.0. The normalized spacial score (nSPS) is 21.7. The molecule has 1 fully saturated rings. The summed E-state index contributed by atoms with van der Waals surface area (Å²) in [6.45, 7) is 2.51. The Morgan fingerprint density at radius 1 is 1.14 bits per heavy atom. The molecule has 0 bridgehead atoms. The summed E-state index contributed by atoms with van der Waals surface area (Å²) in [5.74, 6) is 1.50. The van der Waals surface area contributed by atoms with Gasteiger partial charge < -0.3 is 24.1 Å². The van der Waals surface area contributed by atoms with E-state index in [9.17, 15) is 9.59 Å². The minimum atomic E-state index is -1.12. The highest BCUT2D eigenvalue weighted by atomic mass is 16.7. The molecule has 1 atom stereocenters. The molecule has 3 aliphatic rings. The van der Waals surface area contributed by atoms with Gasteiger partial charge in [0.25, 0.3) is 5.91 Å². The molecular formula is C26H28N4O5. The Hall–Kier alpha value is -3.75. The van der Waals surface area contributed by atoms with Crippen molar-refractivity contribution in [2.75, 3.05) is 6.79 Å². The van der Waals surface area contributed by atoms with Gasteiger partial charge in [-0.15, -0.1) is 0 Å². The Morgan fingerprint density at radius 3 is 2.77 bits per heavy atom. The molecule has 35 heavy (non-hydrogen) atoms. The van der Waals surface area contributed by atoms with Gasteiger partial charge in [0.2, 0.25) is 12.7 Å². The van der Waals surface area contributed by atoms with E-state index in [1.54, 1.807) is 34.0 Å². The van der Waals surface area contributed by atoms with Crippen LogP contribution in [0, 0.1) is 0 Å². The number of rotatable bonds is 5. The molecule has 182 valence electrons. The van der Waals surface area contributed by atoms with Crippen molar-refractivity contribution in [1.29, 1.82) is 0 Å². The van der Waals surface area contributed by atoms with E-state index in [1.807, 2.05) is 25.1 Å². The number of nitrogens with one attached hydrogen (secondary N) is 1. The van der Waals surface area contributed by atoms with Crippen molar-refractivity contribution in [1.82, 2.24) is 20.0 Å². The monoisotopic (exact) mass is 476 g/mol. The summed E-state index contributed by atoms with van der Waals surface area (Å²) in [4.78, 5) is 29.3. The molecule has 2 amide bonds. The SMILES string of the molecule is C[C@@]1(C(=O)NC2CCCCC2)Cn2nc(-c3ccco3)cc2C(=O)N1Cc1ccc2c(c1)OCO2. The van der Waals surface area contributed by atoms with Gasteiger partial charge in [0.05, 0.1) is 12.8 Å². The van der Waals surface area contributed by atoms with Gasteiger partial charge in [0.15, 0.2) is 17.3 Å². The van der Waals surface area contributed by atoms with E-state index < -0.39 is 5.54 Å². The standard InChI is InChI=1S/C26H28N4O5/c1-26(25(32)27-18-6-3-2-4-7-18)15-30-20(13-19(28-30)21-8-5-11-33-21)24(31)29(26)14-17-9-10-22-23(12-17)35-16-34-22/h5,8-13,18H,2-4,6-7,14-16H2,1H3,(H,27,32)/t26-/m0/s1. The fourth-order valence-electron chi connectivity index (χ4n) is 5.24. The zero-order valence-electron chi connectivity index (χ0n) is 19.7. The Balaban J connectivity index is 1.35. The summed E-state index contributed by atoms with van der Waals surface area (Å²) >= 11 is 0. The van der Waals surface area contributed by atoms with Gasteiger partial charge in [-0.1, -0.05) is 25.3 Å². The molecule has 0 spiro atoms. The topological polar surface area (TPSA) is 98.8 Å². The number of benzene rings is 1. The first-order valence-corrected chi connectivity index (χ1v) is 12.1. The third kappa shape index (κ3) is 3.84. The lowest BCUT2D eigenvalue weighted by molar-refractivity contribution is -0.134. The third-order valence-electron chi connectivity index (χ3n) is 7.28. The molecule has 1 aliphatic carbocycles. The summed E-state index contributed by atoms with van der Waals surface area (Å²) in [5.41, 5.74) is 0.738. The van der Waals surface area contributed by atoms with Crippen molar-refractivity contribution in [2.45, 2.75) is 63.7 Å². The van der Waals surface area contributed by atoms with E-state index in [0.29, 0.717) is 28.6 Å². The summed E-state index contributed by atoms with van der Waals surface area (Å²) in [5, 5.41) is 7.85. The molecule has 0 unspecified atom stereocenters. The molecule has 1 saturated carbocycles. The van der Waals surface area contributed by atoms with Crippen LogP contribution in [-0.4, -0.2) is 44.9 Å². The summed E-state index contributed by atoms with van der Waals surface area (Å²) < 4.78 is 18.1. The highest BCUT2D eigenvalue weighted by Gasteiger charge is 2.48. The number of carbonyl (C=O) groups is 2. The number of hydrogen-bond donors (Lipinski definition) is 1. The molecule has 2 aliphatic heterocycles. The van der Waals surface area contributed by atoms with E-state index in [2.05, 4.69) is 10.4 Å². The van der Waals surface area contributed by atoms with E-state index in [-0.39, 0.29) is 37.7 Å². The Bertz CT molecular complexity index is 1260. The van der Waals surface area contributed by atoms with Crippen LogP contribution >= 0.6 is 0 Å². The van der Waals surface area contributed by atoms with Gasteiger partial charge in [0, 0.05) is 18.7 Å². The van der Waals surface area contributed by atoms with Crippen LogP contribution in [0.1, 0.15) is 55.1 Å². The van der Waals surface area contributed by atoms with Crippen LogP contribution in [0.4, 0.5) is 0 Å². The number of furan rings is 1. The van der Waals surface area contributed by atoms with Crippen molar-refractivity contribution < 1.29 is 23.5 Å². The Labute approximate surface area is 203 Å². The second kappa shape index (κ2) is 8.48. The summed E-state index contributed by atoms with van der Waals surface area (Å²) in [7, 11) is 0. The van der Waals surface area contributed by atoms with Gasteiger partial charge in [-0.25, -0.2) is 0 Å². The second-order valence-corrected chi connectivity index (χ2v) is 9.71. The number of hydrogen-bond acceptors (Lipinski definition) is 6. The van der Waals surface area contributed by atoms with Crippen molar-refractivity contribution in [3.05, 3.63) is 53.9 Å². The molecule has 3 aromatic rings. The molecule has 0 radical (unpaired) electrons. The molecule has 2 aromatic heterocycles. The molecule has 0 saturated heterocycles. The van der Waals surface area contributed by atoms with Gasteiger partial charge in [-0.05, 0) is 49.6 Å². The lowest BCUT2D eigenvalue weighted by Gasteiger charge is -2.44. The molecule has 9 heteroatoms. The lowest BCUT2D eigenvalue weighted by Crippen LogP contribution is -2.64. The first kappa shape index (κ1) is 21.8. The van der Waals surface area contributed by atoms with E-state index in [0.717, 1.165) is 31.2 Å². The maximum atomic E-state index is 13.8. The maximum Gasteiger partial charge on any atom is 0.273 e. The van der Waals surface area contributed by atoms with E-state index in [4.69, 9.17) is 13.9 Å². The number of nitrogens with zero attached hydrogens (tertiary/aromatic N) is 3. The van der Waals surface area contributed by atoms with Crippen LogP contribution in [-0.2, 0) is 17.9 Å². The Kier molecular flexibility index (Phi) is 5.27. The summed E-state index contributed by atoms with van der Waals surface area (Å²) in [6, 6.07) is 11.1. The summed E-state index contributed by atoms with van der Waals surface area (Å²) in [6.07, 6.45) is 6.92. The average Bonchev–Trinajstić information content (AvgIpc) is 3.62. The number of carbonyl (C=O) groups excluding carboxylic acids is 2. The molecule has 9 nitrogen and oxygen atoms in total. The highest BCUT2D eigenvalue weighted by Crippen LogP contribution is 2.36. The molecular weight excluding hydrogens is 448 g/mol. The smallest absolute Gasteiger partial charge is 0.273 e. The zero-order chi connectivity index (χ0) is 24.0. The fourth-order valence-corrected chi connectivity index (χ4v) is 5.24. The minimum absolute atomic E-state index is 0.133. The van der Waals surface area contributed by atoms with E-state index in [1.165, 1.54) is 6.42 Å². The van der Waals surface area contributed by atoms with Gasteiger partial charge in [-0.2, -0.15) is 5.10 Å². The zero-order valence-corrected chi connectivity index (χ0v) is 19.7. The molecule has 6 rings (SSSR count). The number of aromatic nitrogens is 2. The predicted octanol–water partition coefficient (Wildman–Crippen LogP) is 3.74. The van der Waals surface area contributed by atoms with Crippen molar-refractivity contribution in [3.8, 4) is 23.0 Å². The van der Waals surface area contributed by atoms with Crippen LogP contribution < -0.4 is 14.8 Å². The van der Waals surface area contributed by atoms with Gasteiger partial charge in [0.1, 0.15) is 16.9 Å². The number of ether oxygens (including phenoxy) is 2. The largest absolute Gasteiger partial charge is 0.463 e. The van der Waals surface area contributed by atoms with Crippen LogP contribution in [0.15, 0.2) is 47.1 Å². The predicted molar refractivity (Wildman–Crippen MR) is 126 cm³/mol. The number of amides is 2. The highest BCUT2D eigenvalue weighted by molar-refractivity contribution is 6.00. The lowest BCUT2D eigenvalue weighted by atomic mass is 9.91. The molecule has 4 heterocycles. The minimum Gasteiger partial charge on any atom is -0.463 e. The van der Waals surface area contributed by atoms with Crippen LogP contribution in [0.5, 0.6) is 11.5 Å². The second-order valence-electron chi connectivity index (χ2n) is 9.71. The first-order valence-electron chi connectivity index (χ1n) is 12.1. The number of fused-ring (bicyclic) bond motifs is 2. The van der Waals surface area contributed by atoms with Gasteiger partial charge >= 0.3 is 0 Å². The molecule has 1 N–H and O–H groups in total. The van der Waals surface area contributed by atoms with E-state index >= 15 is 0 Å². The van der Waals surface area contributed by atoms with Gasteiger partial charge in [-0.3, -0.25) is 14.3 Å². The molecule has 1 aromatic carbocycles. The van der Waals surface area contributed by atoms with Crippen LogP contribution in [0.3, 0.4) is 0 Å². The van der Waals surface area contributed by atoms with Crippen molar-refractivity contribution in [3.63, 3.8) is 0 Å². The van der Waals surface area contributed by atoms with Crippen molar-refractivity contribution >= 4 is 11.8 Å². The maximum absolute atomic E-state index is 13.8. The van der Waals surface area contributed by atoms with Crippen LogP contribution in [0.25, 0.3) is 11.5 Å². The third-order valence-corrected chi connectivity index (χ3v) is 7.28. The van der Waals surface area contributed by atoms with Crippen LogP contribution in [0.2, 0.25) is 0 Å². The quantitative estimate of drug-likeness (QED) is 0.603. The van der Waals surface area contributed by atoms with Crippen molar-refractivity contribution in [2.24, 2.45) is 0 Å².